The Labute approximate surface area is 123 Å². The van der Waals surface area contributed by atoms with Crippen molar-refractivity contribution in [2.45, 2.75) is 19.4 Å². The standard InChI is InChI=1S/C17H18FNO2/c1-11-3-5-17(20-2)15(7-11)19-10-14-9-12-8-13(18)4-6-16(12)21-14/h3-8,14,19H,9-10H2,1-2H3. The van der Waals surface area contributed by atoms with Gasteiger partial charge in [0.05, 0.1) is 19.3 Å². The quantitative estimate of drug-likeness (QED) is 0.932. The molecule has 1 aliphatic heterocycles. The fourth-order valence-corrected chi connectivity index (χ4v) is 2.59. The molecule has 4 heteroatoms. The highest BCUT2D eigenvalue weighted by molar-refractivity contribution is 5.58. The lowest BCUT2D eigenvalue weighted by Gasteiger charge is -2.15. The van der Waals surface area contributed by atoms with Crippen LogP contribution in [0.15, 0.2) is 36.4 Å². The average molecular weight is 287 g/mol. The Morgan fingerprint density at radius 1 is 1.29 bits per heavy atom. The van der Waals surface area contributed by atoms with Crippen LogP contribution in [0.2, 0.25) is 0 Å². The summed E-state index contributed by atoms with van der Waals surface area (Å²) in [6, 6.07) is 10.7. The van der Waals surface area contributed by atoms with Crippen LogP contribution >= 0.6 is 0 Å². The van der Waals surface area contributed by atoms with E-state index in [4.69, 9.17) is 9.47 Å². The van der Waals surface area contributed by atoms with Crippen molar-refractivity contribution in [3.05, 3.63) is 53.3 Å². The molecule has 0 aliphatic carbocycles. The molecule has 21 heavy (non-hydrogen) atoms. The van der Waals surface area contributed by atoms with E-state index in [9.17, 15) is 4.39 Å². The third kappa shape index (κ3) is 2.94. The number of halogens is 1. The maximum atomic E-state index is 13.2. The molecule has 0 fully saturated rings. The highest BCUT2D eigenvalue weighted by Gasteiger charge is 2.23. The molecule has 0 saturated heterocycles. The number of ether oxygens (including phenoxy) is 2. The zero-order chi connectivity index (χ0) is 14.8. The molecule has 3 nitrogen and oxygen atoms in total. The Morgan fingerprint density at radius 2 is 2.14 bits per heavy atom. The summed E-state index contributed by atoms with van der Waals surface area (Å²) < 4.78 is 24.4. The van der Waals surface area contributed by atoms with E-state index in [1.54, 1.807) is 19.2 Å². The predicted octanol–water partition coefficient (Wildman–Crippen LogP) is 3.56. The SMILES string of the molecule is COc1ccc(C)cc1NCC1Cc2cc(F)ccc2O1. The van der Waals surface area contributed by atoms with E-state index < -0.39 is 0 Å². The molecule has 0 radical (unpaired) electrons. The van der Waals surface area contributed by atoms with E-state index in [1.165, 1.54) is 6.07 Å². The minimum absolute atomic E-state index is 0.00650. The molecular weight excluding hydrogens is 269 g/mol. The minimum Gasteiger partial charge on any atom is -0.495 e. The number of hydrogen-bond acceptors (Lipinski definition) is 3. The van der Waals surface area contributed by atoms with Crippen LogP contribution in [0.25, 0.3) is 0 Å². The number of methoxy groups -OCH3 is 1. The summed E-state index contributed by atoms with van der Waals surface area (Å²) in [5.41, 5.74) is 3.04. The number of nitrogens with one attached hydrogen (secondary N) is 1. The summed E-state index contributed by atoms with van der Waals surface area (Å²) in [7, 11) is 1.65. The predicted molar refractivity (Wildman–Crippen MR) is 80.7 cm³/mol. The van der Waals surface area contributed by atoms with Crippen LogP contribution in [0.1, 0.15) is 11.1 Å². The topological polar surface area (TPSA) is 30.5 Å². The van der Waals surface area contributed by atoms with Crippen LogP contribution < -0.4 is 14.8 Å². The smallest absolute Gasteiger partial charge is 0.141 e. The molecule has 0 saturated carbocycles. The van der Waals surface area contributed by atoms with Gasteiger partial charge < -0.3 is 14.8 Å². The monoisotopic (exact) mass is 287 g/mol. The number of aryl methyl sites for hydroxylation is 1. The molecule has 0 spiro atoms. The molecule has 0 bridgehead atoms. The maximum Gasteiger partial charge on any atom is 0.141 e. The van der Waals surface area contributed by atoms with Gasteiger partial charge in [0.2, 0.25) is 0 Å². The highest BCUT2D eigenvalue weighted by atomic mass is 19.1. The Hall–Kier alpha value is -2.23. The zero-order valence-electron chi connectivity index (χ0n) is 12.2. The van der Waals surface area contributed by atoms with Crippen molar-refractivity contribution >= 4 is 5.69 Å². The van der Waals surface area contributed by atoms with E-state index in [0.717, 1.165) is 28.3 Å². The second kappa shape index (κ2) is 5.64. The van der Waals surface area contributed by atoms with Gasteiger partial charge in [0.15, 0.2) is 0 Å². The third-order valence-corrected chi connectivity index (χ3v) is 3.64. The number of fused-ring (bicyclic) bond motifs is 1. The molecule has 3 rings (SSSR count). The van der Waals surface area contributed by atoms with E-state index in [-0.39, 0.29) is 11.9 Å². The highest BCUT2D eigenvalue weighted by Crippen LogP contribution is 2.30. The molecule has 1 heterocycles. The van der Waals surface area contributed by atoms with Crippen molar-refractivity contribution in [2.75, 3.05) is 19.0 Å². The summed E-state index contributed by atoms with van der Waals surface area (Å²) in [6.45, 7) is 2.69. The van der Waals surface area contributed by atoms with Gasteiger partial charge in [-0.25, -0.2) is 4.39 Å². The Bertz CT molecular complexity index is 657. The molecule has 0 amide bonds. The summed E-state index contributed by atoms with van der Waals surface area (Å²) in [6.07, 6.45) is 0.723. The van der Waals surface area contributed by atoms with Crippen molar-refractivity contribution in [2.24, 2.45) is 0 Å². The van der Waals surface area contributed by atoms with Gasteiger partial charge in [-0.15, -0.1) is 0 Å². The van der Waals surface area contributed by atoms with Gasteiger partial charge in [-0.2, -0.15) is 0 Å². The number of anilines is 1. The van der Waals surface area contributed by atoms with E-state index in [0.29, 0.717) is 13.0 Å². The third-order valence-electron chi connectivity index (χ3n) is 3.64. The van der Waals surface area contributed by atoms with Gasteiger partial charge in [0.1, 0.15) is 23.4 Å². The van der Waals surface area contributed by atoms with Gasteiger partial charge >= 0.3 is 0 Å². The lowest BCUT2D eigenvalue weighted by Crippen LogP contribution is -2.24. The zero-order valence-corrected chi connectivity index (χ0v) is 12.2. The van der Waals surface area contributed by atoms with Crippen molar-refractivity contribution < 1.29 is 13.9 Å². The minimum atomic E-state index is -0.216. The lowest BCUT2D eigenvalue weighted by atomic mass is 10.1. The molecule has 2 aromatic rings. The van der Waals surface area contributed by atoms with Crippen molar-refractivity contribution in [1.29, 1.82) is 0 Å². The van der Waals surface area contributed by atoms with Crippen LogP contribution in [0.5, 0.6) is 11.5 Å². The fraction of sp³-hybridized carbons (Fsp3) is 0.294. The van der Waals surface area contributed by atoms with E-state index in [1.807, 2.05) is 25.1 Å². The van der Waals surface area contributed by atoms with Crippen LogP contribution in [-0.2, 0) is 6.42 Å². The Balaban J connectivity index is 1.66. The van der Waals surface area contributed by atoms with Crippen LogP contribution in [-0.4, -0.2) is 19.8 Å². The fourth-order valence-electron chi connectivity index (χ4n) is 2.59. The first kappa shape index (κ1) is 13.7. The van der Waals surface area contributed by atoms with Gasteiger partial charge in [0.25, 0.3) is 0 Å². The number of hydrogen-bond donors (Lipinski definition) is 1. The number of benzene rings is 2. The summed E-state index contributed by atoms with van der Waals surface area (Å²) in [5.74, 6) is 1.37. The second-order valence-corrected chi connectivity index (χ2v) is 5.28. The Morgan fingerprint density at radius 3 is 2.95 bits per heavy atom. The number of rotatable bonds is 4. The van der Waals surface area contributed by atoms with Gasteiger partial charge in [0, 0.05) is 12.0 Å². The van der Waals surface area contributed by atoms with Crippen molar-refractivity contribution in [1.82, 2.24) is 0 Å². The summed E-state index contributed by atoms with van der Waals surface area (Å²) >= 11 is 0. The molecule has 110 valence electrons. The summed E-state index contributed by atoms with van der Waals surface area (Å²) in [4.78, 5) is 0. The maximum absolute atomic E-state index is 13.2. The second-order valence-electron chi connectivity index (χ2n) is 5.28. The van der Waals surface area contributed by atoms with Crippen LogP contribution in [0.3, 0.4) is 0 Å². The molecule has 0 aromatic heterocycles. The Kier molecular flexibility index (Phi) is 3.69. The van der Waals surface area contributed by atoms with E-state index >= 15 is 0 Å². The van der Waals surface area contributed by atoms with Crippen LogP contribution in [0.4, 0.5) is 10.1 Å². The summed E-state index contributed by atoms with van der Waals surface area (Å²) in [5, 5.41) is 3.35. The largest absolute Gasteiger partial charge is 0.495 e. The average Bonchev–Trinajstić information content (AvgIpc) is 2.87. The first-order chi connectivity index (χ1) is 10.2. The van der Waals surface area contributed by atoms with E-state index in [2.05, 4.69) is 5.32 Å². The van der Waals surface area contributed by atoms with Gasteiger partial charge in [-0.3, -0.25) is 0 Å². The first-order valence-corrected chi connectivity index (χ1v) is 6.99. The molecular formula is C17H18FNO2. The molecule has 1 unspecified atom stereocenters. The lowest BCUT2D eigenvalue weighted by molar-refractivity contribution is 0.246. The first-order valence-electron chi connectivity index (χ1n) is 6.99. The molecule has 1 N–H and O–H groups in total. The molecule has 1 atom stereocenters. The van der Waals surface area contributed by atoms with Crippen molar-refractivity contribution in [3.63, 3.8) is 0 Å². The van der Waals surface area contributed by atoms with Gasteiger partial charge in [-0.1, -0.05) is 6.07 Å². The van der Waals surface area contributed by atoms with Gasteiger partial charge in [-0.05, 0) is 42.8 Å². The van der Waals surface area contributed by atoms with Crippen molar-refractivity contribution in [3.8, 4) is 11.5 Å². The molecule has 2 aromatic carbocycles. The normalized spacial score (nSPS) is 16.2. The van der Waals surface area contributed by atoms with Crippen LogP contribution in [0, 0.1) is 12.7 Å². The molecule has 1 aliphatic rings.